The molecule has 5 nitrogen and oxygen atoms in total. The third-order valence-corrected chi connectivity index (χ3v) is 6.27. The van der Waals surface area contributed by atoms with Gasteiger partial charge in [-0.15, -0.1) is 10.2 Å². The SMILES string of the molecule is CC(C)Cc1nnc(SCc2ccc(C(=O)Nc3cccc(F)c3)cc2)n1Cc1ccccc1. The van der Waals surface area contributed by atoms with Gasteiger partial charge >= 0.3 is 0 Å². The summed E-state index contributed by atoms with van der Waals surface area (Å²) in [6, 6.07) is 23.6. The van der Waals surface area contributed by atoms with Crippen LogP contribution in [0.25, 0.3) is 0 Å². The van der Waals surface area contributed by atoms with Crippen molar-refractivity contribution in [3.63, 3.8) is 0 Å². The quantitative estimate of drug-likeness (QED) is 0.293. The number of carbonyl (C=O) groups is 1. The fourth-order valence-corrected chi connectivity index (χ4v) is 4.45. The number of halogens is 1. The van der Waals surface area contributed by atoms with E-state index in [1.165, 1.54) is 17.7 Å². The molecule has 34 heavy (non-hydrogen) atoms. The molecule has 0 bridgehead atoms. The lowest BCUT2D eigenvalue weighted by molar-refractivity contribution is 0.102. The van der Waals surface area contributed by atoms with Gasteiger partial charge in [0, 0.05) is 23.4 Å². The maximum absolute atomic E-state index is 13.3. The van der Waals surface area contributed by atoms with Gasteiger partial charge < -0.3 is 9.88 Å². The lowest BCUT2D eigenvalue weighted by Gasteiger charge is -2.12. The van der Waals surface area contributed by atoms with Crippen LogP contribution in [0.15, 0.2) is 84.0 Å². The number of benzene rings is 3. The number of thioether (sulfide) groups is 1. The zero-order valence-electron chi connectivity index (χ0n) is 19.2. The average Bonchev–Trinajstić information content (AvgIpc) is 3.19. The van der Waals surface area contributed by atoms with Gasteiger partial charge in [-0.05, 0) is 47.4 Å². The van der Waals surface area contributed by atoms with Gasteiger partial charge in [0.15, 0.2) is 5.16 Å². The van der Waals surface area contributed by atoms with Crippen LogP contribution < -0.4 is 5.32 Å². The van der Waals surface area contributed by atoms with Crippen LogP contribution in [0.3, 0.4) is 0 Å². The van der Waals surface area contributed by atoms with E-state index in [1.54, 1.807) is 36.0 Å². The van der Waals surface area contributed by atoms with E-state index in [4.69, 9.17) is 0 Å². The Morgan fingerprint density at radius 1 is 0.971 bits per heavy atom. The minimum Gasteiger partial charge on any atom is -0.322 e. The number of aromatic nitrogens is 3. The van der Waals surface area contributed by atoms with Crippen molar-refractivity contribution in [1.82, 2.24) is 14.8 Å². The monoisotopic (exact) mass is 474 g/mol. The third kappa shape index (κ3) is 6.32. The average molecular weight is 475 g/mol. The number of rotatable bonds is 9. The smallest absolute Gasteiger partial charge is 0.255 e. The summed E-state index contributed by atoms with van der Waals surface area (Å²) in [5, 5.41) is 12.5. The van der Waals surface area contributed by atoms with Crippen molar-refractivity contribution in [1.29, 1.82) is 0 Å². The molecule has 0 saturated carbocycles. The molecule has 0 saturated heterocycles. The lowest BCUT2D eigenvalue weighted by atomic mass is 10.1. The predicted octanol–water partition coefficient (Wildman–Crippen LogP) is 6.21. The predicted molar refractivity (Wildman–Crippen MR) is 134 cm³/mol. The van der Waals surface area contributed by atoms with Gasteiger partial charge in [-0.3, -0.25) is 4.79 Å². The second-order valence-corrected chi connectivity index (χ2v) is 9.46. The van der Waals surface area contributed by atoms with Gasteiger partial charge in [0.25, 0.3) is 5.91 Å². The minimum absolute atomic E-state index is 0.272. The minimum atomic E-state index is -0.387. The Labute approximate surface area is 203 Å². The molecule has 4 aromatic rings. The molecule has 0 spiro atoms. The highest BCUT2D eigenvalue weighted by molar-refractivity contribution is 7.98. The molecule has 0 aliphatic rings. The lowest BCUT2D eigenvalue weighted by Crippen LogP contribution is -2.11. The number of nitrogens with one attached hydrogen (secondary N) is 1. The summed E-state index contributed by atoms with van der Waals surface area (Å²) in [5.74, 6) is 1.53. The molecule has 1 N–H and O–H groups in total. The zero-order chi connectivity index (χ0) is 23.9. The first-order valence-corrected chi connectivity index (χ1v) is 12.2. The van der Waals surface area contributed by atoms with Gasteiger partial charge in [0.1, 0.15) is 11.6 Å². The number of anilines is 1. The van der Waals surface area contributed by atoms with Gasteiger partial charge in [-0.1, -0.05) is 74.1 Å². The van der Waals surface area contributed by atoms with E-state index < -0.39 is 0 Å². The maximum Gasteiger partial charge on any atom is 0.255 e. The van der Waals surface area contributed by atoms with Crippen molar-refractivity contribution >= 4 is 23.4 Å². The number of amides is 1. The van der Waals surface area contributed by atoms with Crippen LogP contribution in [-0.4, -0.2) is 20.7 Å². The van der Waals surface area contributed by atoms with Crippen LogP contribution in [-0.2, 0) is 18.7 Å². The molecular formula is C27H27FN4OS. The second kappa shape index (κ2) is 11.1. The van der Waals surface area contributed by atoms with Crippen LogP contribution >= 0.6 is 11.8 Å². The van der Waals surface area contributed by atoms with E-state index in [-0.39, 0.29) is 11.7 Å². The van der Waals surface area contributed by atoms with Crippen LogP contribution in [0, 0.1) is 11.7 Å². The third-order valence-electron chi connectivity index (χ3n) is 5.23. The molecular weight excluding hydrogens is 447 g/mol. The molecule has 4 rings (SSSR count). The van der Waals surface area contributed by atoms with Crippen molar-refractivity contribution in [3.05, 3.63) is 107 Å². The van der Waals surface area contributed by atoms with Crippen LogP contribution in [0.5, 0.6) is 0 Å². The Morgan fingerprint density at radius 2 is 1.74 bits per heavy atom. The van der Waals surface area contributed by atoms with Crippen molar-refractivity contribution in [3.8, 4) is 0 Å². The Hall–Kier alpha value is -3.45. The molecule has 0 atom stereocenters. The molecule has 0 radical (unpaired) electrons. The molecule has 174 valence electrons. The fourth-order valence-electron chi connectivity index (χ4n) is 3.54. The Kier molecular flexibility index (Phi) is 7.75. The van der Waals surface area contributed by atoms with Crippen molar-refractivity contribution < 1.29 is 9.18 Å². The summed E-state index contributed by atoms with van der Waals surface area (Å²) in [6.07, 6.45) is 0.871. The second-order valence-electron chi connectivity index (χ2n) is 8.52. The zero-order valence-corrected chi connectivity index (χ0v) is 20.1. The Balaban J connectivity index is 1.42. The topological polar surface area (TPSA) is 59.8 Å². The Bertz CT molecular complexity index is 1240. The summed E-state index contributed by atoms with van der Waals surface area (Å²) < 4.78 is 15.5. The molecule has 7 heteroatoms. The molecule has 3 aromatic carbocycles. The highest BCUT2D eigenvalue weighted by atomic mass is 32.2. The van der Waals surface area contributed by atoms with E-state index in [0.29, 0.717) is 22.9 Å². The number of nitrogens with zero attached hydrogens (tertiary/aromatic N) is 3. The summed E-state index contributed by atoms with van der Waals surface area (Å²) in [7, 11) is 0. The van der Waals surface area contributed by atoms with E-state index in [1.807, 2.05) is 30.3 Å². The normalized spacial score (nSPS) is 11.1. The van der Waals surface area contributed by atoms with Crippen molar-refractivity contribution in [2.75, 3.05) is 5.32 Å². The molecule has 0 aliphatic heterocycles. The summed E-state index contributed by atoms with van der Waals surface area (Å²) in [4.78, 5) is 12.5. The summed E-state index contributed by atoms with van der Waals surface area (Å²) >= 11 is 1.63. The van der Waals surface area contributed by atoms with E-state index in [9.17, 15) is 9.18 Å². The Morgan fingerprint density at radius 3 is 2.44 bits per heavy atom. The van der Waals surface area contributed by atoms with Gasteiger partial charge in [-0.2, -0.15) is 0 Å². The molecule has 1 heterocycles. The first kappa shape index (κ1) is 23.7. The standard InChI is InChI=1S/C27H27FN4OS/c1-19(2)15-25-30-31-27(32(25)17-20-7-4-3-5-8-20)34-18-21-11-13-22(14-12-21)26(33)29-24-10-6-9-23(28)16-24/h3-14,16,19H,15,17-18H2,1-2H3,(H,29,33). The van der Waals surface area contributed by atoms with Gasteiger partial charge in [-0.25, -0.2) is 4.39 Å². The van der Waals surface area contributed by atoms with E-state index >= 15 is 0 Å². The first-order chi connectivity index (χ1) is 16.5. The van der Waals surface area contributed by atoms with E-state index in [2.05, 4.69) is 46.1 Å². The fraction of sp³-hybridized carbons (Fsp3) is 0.222. The molecule has 0 fully saturated rings. The number of carbonyl (C=O) groups excluding carboxylic acids is 1. The van der Waals surface area contributed by atoms with Crippen molar-refractivity contribution in [2.45, 2.75) is 37.7 Å². The molecule has 1 aromatic heterocycles. The largest absolute Gasteiger partial charge is 0.322 e. The highest BCUT2D eigenvalue weighted by Crippen LogP contribution is 2.24. The summed E-state index contributed by atoms with van der Waals surface area (Å²) in [6.45, 7) is 5.10. The number of hydrogen-bond donors (Lipinski definition) is 1. The molecule has 1 amide bonds. The summed E-state index contributed by atoms with van der Waals surface area (Å²) in [5.41, 5.74) is 3.24. The molecule has 0 aliphatic carbocycles. The van der Waals surface area contributed by atoms with Crippen LogP contribution in [0.1, 0.15) is 41.2 Å². The van der Waals surface area contributed by atoms with Crippen LogP contribution in [0.4, 0.5) is 10.1 Å². The molecule has 0 unspecified atom stereocenters. The van der Waals surface area contributed by atoms with Crippen LogP contribution in [0.2, 0.25) is 0 Å². The maximum atomic E-state index is 13.3. The highest BCUT2D eigenvalue weighted by Gasteiger charge is 2.15. The van der Waals surface area contributed by atoms with Gasteiger partial charge in [0.05, 0.1) is 6.54 Å². The first-order valence-electron chi connectivity index (χ1n) is 11.2. The number of hydrogen-bond acceptors (Lipinski definition) is 4. The van der Waals surface area contributed by atoms with Crippen molar-refractivity contribution in [2.24, 2.45) is 5.92 Å². The van der Waals surface area contributed by atoms with E-state index in [0.717, 1.165) is 29.5 Å². The van der Waals surface area contributed by atoms with Gasteiger partial charge in [0.2, 0.25) is 0 Å².